The molecule has 1 unspecified atom stereocenters. The van der Waals surface area contributed by atoms with E-state index >= 15 is 0 Å². The number of esters is 1. The maximum absolute atomic E-state index is 11.5. The number of hydrogen-bond acceptors (Lipinski definition) is 6. The quantitative estimate of drug-likeness (QED) is 0.197. The lowest BCUT2D eigenvalue weighted by Gasteiger charge is -2.08. The van der Waals surface area contributed by atoms with Crippen molar-refractivity contribution in [3.63, 3.8) is 0 Å². The van der Waals surface area contributed by atoms with Crippen molar-refractivity contribution in [2.45, 2.75) is 6.92 Å². The number of hydrogen-bond donors (Lipinski definition) is 0. The lowest BCUT2D eigenvalue weighted by Crippen LogP contribution is -2.12. The third kappa shape index (κ3) is 10.1. The van der Waals surface area contributed by atoms with Crippen LogP contribution in [0.15, 0.2) is 24.3 Å². The Morgan fingerprint density at radius 2 is 1.61 bits per heavy atom. The summed E-state index contributed by atoms with van der Waals surface area (Å²) in [6, 6.07) is 6.84. The molecule has 23 heavy (non-hydrogen) atoms. The minimum Gasteiger partial charge on any atom is -0.491 e. The van der Waals surface area contributed by atoms with E-state index in [-0.39, 0.29) is 5.97 Å². The second-order valence-electron chi connectivity index (χ2n) is 4.24. The van der Waals surface area contributed by atoms with Gasteiger partial charge in [-0.1, -0.05) is 0 Å². The van der Waals surface area contributed by atoms with Crippen LogP contribution in [0.1, 0.15) is 17.3 Å². The molecule has 0 bridgehead atoms. The smallest absolute Gasteiger partial charge is 0.338 e. The van der Waals surface area contributed by atoms with Crippen molar-refractivity contribution in [1.82, 2.24) is 0 Å². The highest BCUT2D eigenvalue weighted by Gasteiger charge is 2.05. The highest BCUT2D eigenvalue weighted by molar-refractivity contribution is 14.2. The zero-order valence-electron chi connectivity index (χ0n) is 13.1. The van der Waals surface area contributed by atoms with Gasteiger partial charge < -0.3 is 23.5 Å². The van der Waals surface area contributed by atoms with Gasteiger partial charge in [0.15, 0.2) is 0 Å². The first kappa shape index (κ1) is 20.6. The molecule has 0 aliphatic rings. The van der Waals surface area contributed by atoms with Crippen LogP contribution in [0.25, 0.3) is 0 Å². The van der Waals surface area contributed by atoms with Gasteiger partial charge >= 0.3 is 5.97 Å². The fraction of sp³-hybridized carbons (Fsp3) is 0.533. The van der Waals surface area contributed by atoms with Crippen LogP contribution < -0.4 is 4.74 Å². The zero-order chi connectivity index (χ0) is 16.8. The molecule has 0 aromatic heterocycles. The van der Waals surface area contributed by atoms with Crippen LogP contribution in [0.2, 0.25) is 0 Å². The predicted molar refractivity (Wildman–Crippen MR) is 97.8 cm³/mol. The number of halogens is 1. The lowest BCUT2D eigenvalue weighted by atomic mass is 10.2. The molecule has 0 radical (unpaired) electrons. The summed E-state index contributed by atoms with van der Waals surface area (Å²) in [5, 5.41) is 0. The topological polar surface area (TPSA) is 63.2 Å². The van der Waals surface area contributed by atoms with E-state index in [2.05, 4.69) is 22.0 Å². The van der Waals surface area contributed by atoms with Gasteiger partial charge in [-0.3, -0.25) is 0 Å². The summed E-state index contributed by atoms with van der Waals surface area (Å²) in [5.41, 5.74) is 0.514. The molecule has 0 heterocycles. The van der Waals surface area contributed by atoms with Crippen molar-refractivity contribution in [3.8, 4) is 5.75 Å². The van der Waals surface area contributed by atoms with Gasteiger partial charge in [0.25, 0.3) is 0 Å². The molecule has 0 amide bonds. The van der Waals surface area contributed by atoms with Crippen molar-refractivity contribution >= 4 is 34.5 Å². The van der Waals surface area contributed by atoms with Crippen LogP contribution in [-0.2, 0) is 18.7 Å². The van der Waals surface area contributed by atoms with Gasteiger partial charge in [0.2, 0.25) is 0 Å². The Kier molecular flexibility index (Phi) is 12.5. The van der Waals surface area contributed by atoms with E-state index in [0.29, 0.717) is 64.0 Å². The van der Waals surface area contributed by atoms with E-state index < -0.39 is 0 Å². The number of benzene rings is 1. The standard InChI is InChI=1S/C15H22IO6P/c1-2-20-15(17)13-3-5-14(6-4-13)21-11-9-18-7-8-19-10-12-22-23-16/h3-6,23H,2,7-12H2,1H3. The number of ether oxygens (including phenoxy) is 4. The van der Waals surface area contributed by atoms with Gasteiger partial charge in [-0.05, 0) is 53.2 Å². The van der Waals surface area contributed by atoms with Crippen molar-refractivity contribution in [1.29, 1.82) is 0 Å². The van der Waals surface area contributed by atoms with Crippen LogP contribution in [0.3, 0.4) is 0 Å². The van der Waals surface area contributed by atoms with E-state index in [9.17, 15) is 4.79 Å². The predicted octanol–water partition coefficient (Wildman–Crippen LogP) is 3.24. The molecular formula is C15H22IO6P. The highest BCUT2D eigenvalue weighted by Crippen LogP contribution is 2.20. The zero-order valence-corrected chi connectivity index (χ0v) is 16.2. The molecule has 0 saturated carbocycles. The minimum absolute atomic E-state index is 0.327. The highest BCUT2D eigenvalue weighted by atomic mass is 127. The Labute approximate surface area is 151 Å². The van der Waals surface area contributed by atoms with E-state index in [1.165, 1.54) is 0 Å². The van der Waals surface area contributed by atoms with Gasteiger partial charge in [-0.2, -0.15) is 0 Å². The Morgan fingerprint density at radius 1 is 1.00 bits per heavy atom. The van der Waals surface area contributed by atoms with E-state index in [0.717, 1.165) is 0 Å². The van der Waals surface area contributed by atoms with Crippen LogP contribution in [0.5, 0.6) is 5.75 Å². The van der Waals surface area contributed by atoms with Crippen LogP contribution in [-0.4, -0.2) is 52.2 Å². The summed E-state index contributed by atoms with van der Waals surface area (Å²) in [7, 11) is 0. The largest absolute Gasteiger partial charge is 0.491 e. The van der Waals surface area contributed by atoms with Crippen molar-refractivity contribution < 1.29 is 28.3 Å². The summed E-state index contributed by atoms with van der Waals surface area (Å²) in [6.07, 6.45) is 0. The molecule has 0 saturated heterocycles. The average Bonchev–Trinajstić information content (AvgIpc) is 2.57. The maximum Gasteiger partial charge on any atom is 0.338 e. The third-order valence-corrected chi connectivity index (χ3v) is 3.87. The molecule has 0 aliphatic heterocycles. The number of carbonyl (C=O) groups excluding carboxylic acids is 1. The Morgan fingerprint density at radius 3 is 2.22 bits per heavy atom. The van der Waals surface area contributed by atoms with Crippen molar-refractivity contribution in [3.05, 3.63) is 29.8 Å². The first-order chi connectivity index (χ1) is 11.3. The number of rotatable bonds is 13. The van der Waals surface area contributed by atoms with Crippen molar-refractivity contribution in [2.24, 2.45) is 0 Å². The van der Waals surface area contributed by atoms with Gasteiger partial charge in [0, 0.05) is 0 Å². The summed E-state index contributed by atoms with van der Waals surface area (Å²) in [5.74, 6) is 0.362. The fourth-order valence-electron chi connectivity index (χ4n) is 1.58. The van der Waals surface area contributed by atoms with Crippen LogP contribution in [0, 0.1) is 0 Å². The molecule has 1 aromatic rings. The average molecular weight is 456 g/mol. The van der Waals surface area contributed by atoms with Crippen molar-refractivity contribution in [2.75, 3.05) is 46.2 Å². The summed E-state index contributed by atoms with van der Waals surface area (Å²) < 4.78 is 26.3. The molecular weight excluding hydrogens is 434 g/mol. The second kappa shape index (κ2) is 13.9. The summed E-state index contributed by atoms with van der Waals surface area (Å²) in [6.45, 7) is 5.81. The van der Waals surface area contributed by atoms with Gasteiger partial charge in [0.1, 0.15) is 12.4 Å². The van der Waals surface area contributed by atoms with E-state index in [1.807, 2.05) is 0 Å². The minimum atomic E-state index is -0.327. The Balaban J connectivity index is 2.04. The molecule has 1 aromatic carbocycles. The Bertz CT molecular complexity index is 428. The summed E-state index contributed by atoms with van der Waals surface area (Å²) >= 11 is 2.17. The molecule has 6 nitrogen and oxygen atoms in total. The SMILES string of the molecule is CCOC(=O)c1ccc(OCCOCCOCCOPI)cc1. The normalized spacial score (nSPS) is 11.0. The van der Waals surface area contributed by atoms with E-state index in [4.69, 9.17) is 23.5 Å². The molecule has 130 valence electrons. The molecule has 8 heteroatoms. The molecule has 0 spiro atoms. The first-order valence-corrected chi connectivity index (χ1v) is 11.3. The van der Waals surface area contributed by atoms with Gasteiger partial charge in [-0.25, -0.2) is 4.79 Å². The van der Waals surface area contributed by atoms with Gasteiger partial charge in [-0.15, -0.1) is 0 Å². The van der Waals surface area contributed by atoms with Crippen LogP contribution in [0.4, 0.5) is 0 Å². The molecule has 1 rings (SSSR count). The monoisotopic (exact) mass is 456 g/mol. The maximum atomic E-state index is 11.5. The molecule has 0 aliphatic carbocycles. The molecule has 1 atom stereocenters. The van der Waals surface area contributed by atoms with Crippen LogP contribution >= 0.6 is 28.5 Å². The molecule has 0 fully saturated rings. The number of carbonyl (C=O) groups is 1. The molecule has 0 N–H and O–H groups in total. The lowest BCUT2D eigenvalue weighted by molar-refractivity contribution is 0.0289. The Hall–Kier alpha value is -0.470. The third-order valence-electron chi connectivity index (χ3n) is 2.62. The summed E-state index contributed by atoms with van der Waals surface area (Å²) in [4.78, 5) is 11.5. The second-order valence-corrected chi connectivity index (χ2v) is 6.01. The first-order valence-electron chi connectivity index (χ1n) is 7.30. The fourth-order valence-corrected chi connectivity index (χ4v) is 2.40. The van der Waals surface area contributed by atoms with E-state index in [1.54, 1.807) is 31.2 Å². The van der Waals surface area contributed by atoms with Gasteiger partial charge in [0.05, 0.1) is 51.7 Å².